The molecule has 0 aliphatic carbocycles. The number of benzene rings is 1. The van der Waals surface area contributed by atoms with Crippen molar-refractivity contribution in [2.45, 2.75) is 57.1 Å². The fraction of sp³-hybridized carbons (Fsp3) is 0.522. The molecule has 3 aliphatic rings. The molecule has 1 aromatic carbocycles. The van der Waals surface area contributed by atoms with Crippen molar-refractivity contribution in [2.24, 2.45) is 0 Å². The molecule has 3 heterocycles. The molecule has 0 spiro atoms. The number of fused-ring (bicyclic) bond motifs is 1. The summed E-state index contributed by atoms with van der Waals surface area (Å²) in [5.74, 6) is -2.31. The maximum absolute atomic E-state index is 13.0. The number of hydrogen-bond acceptors (Lipinski definition) is 7. The maximum Gasteiger partial charge on any atom is 0.409 e. The van der Waals surface area contributed by atoms with Gasteiger partial charge in [-0.1, -0.05) is 19.4 Å². The summed E-state index contributed by atoms with van der Waals surface area (Å²) in [5, 5.41) is 13.4. The van der Waals surface area contributed by atoms with E-state index < -0.39 is 41.4 Å². The summed E-state index contributed by atoms with van der Waals surface area (Å²) in [6.45, 7) is 2.97. The topological polar surface area (TPSA) is 133 Å². The highest BCUT2D eigenvalue weighted by Crippen LogP contribution is 2.36. The van der Waals surface area contributed by atoms with Gasteiger partial charge in [-0.2, -0.15) is 0 Å². The second-order valence-electron chi connectivity index (χ2n) is 8.69. The molecule has 2 fully saturated rings. The van der Waals surface area contributed by atoms with Crippen molar-refractivity contribution in [3.05, 3.63) is 34.9 Å². The van der Waals surface area contributed by atoms with Gasteiger partial charge < -0.3 is 14.7 Å². The fourth-order valence-electron chi connectivity index (χ4n) is 4.50. The highest BCUT2D eigenvalue weighted by molar-refractivity contribution is 6.23. The van der Waals surface area contributed by atoms with Gasteiger partial charge in [0.1, 0.15) is 6.04 Å². The maximum atomic E-state index is 13.0. The molecule has 10 heteroatoms. The first-order valence-electron chi connectivity index (χ1n) is 11.3. The van der Waals surface area contributed by atoms with E-state index in [1.54, 1.807) is 11.0 Å². The zero-order valence-electron chi connectivity index (χ0n) is 18.5. The van der Waals surface area contributed by atoms with Crippen LogP contribution in [0.2, 0.25) is 0 Å². The molecular formula is C23H27N3O7. The molecule has 2 N–H and O–H groups in total. The van der Waals surface area contributed by atoms with Gasteiger partial charge >= 0.3 is 6.09 Å². The number of unbranched alkanes of at least 4 members (excludes halogenated alkanes) is 1. The minimum absolute atomic E-state index is 0.0478. The van der Waals surface area contributed by atoms with Gasteiger partial charge in [-0.15, -0.1) is 0 Å². The van der Waals surface area contributed by atoms with Crippen LogP contribution in [0.25, 0.3) is 0 Å². The Hall–Kier alpha value is -3.27. The largest absolute Gasteiger partial charge is 0.449 e. The SMILES string of the molecule is CCCCOC(=O)N1CCC(O)(c2ccc3c(c2)C(=O)N(C2CCC(=O)NC2=O)C3=O)CC1. The van der Waals surface area contributed by atoms with Crippen LogP contribution in [0.15, 0.2) is 18.2 Å². The molecule has 3 aliphatic heterocycles. The van der Waals surface area contributed by atoms with Gasteiger partial charge in [0.05, 0.1) is 23.3 Å². The van der Waals surface area contributed by atoms with Crippen molar-refractivity contribution >= 4 is 29.7 Å². The number of imide groups is 2. The van der Waals surface area contributed by atoms with E-state index in [9.17, 15) is 29.1 Å². The fourth-order valence-corrected chi connectivity index (χ4v) is 4.50. The predicted octanol–water partition coefficient (Wildman–Crippen LogP) is 1.31. The van der Waals surface area contributed by atoms with E-state index in [-0.39, 0.29) is 36.8 Å². The van der Waals surface area contributed by atoms with E-state index in [4.69, 9.17) is 4.74 Å². The van der Waals surface area contributed by atoms with Crippen LogP contribution in [-0.2, 0) is 19.9 Å². The standard InChI is InChI=1S/C23H27N3O7/c1-2-3-12-33-22(31)25-10-8-23(32,9-11-25)14-4-5-15-16(13-14)21(30)26(20(15)29)17-6-7-18(27)24-19(17)28/h4-5,13,17,32H,2-3,6-12H2,1H3,(H,24,27,28). The summed E-state index contributed by atoms with van der Waals surface area (Å²) in [4.78, 5) is 64.1. The van der Waals surface area contributed by atoms with Crippen molar-refractivity contribution < 1.29 is 33.8 Å². The molecular weight excluding hydrogens is 430 g/mol. The number of ether oxygens (including phenoxy) is 1. The minimum Gasteiger partial charge on any atom is -0.449 e. The molecule has 0 radical (unpaired) electrons. The number of hydrogen-bond donors (Lipinski definition) is 2. The zero-order valence-corrected chi connectivity index (χ0v) is 18.5. The van der Waals surface area contributed by atoms with Gasteiger partial charge in [0, 0.05) is 19.5 Å². The molecule has 1 unspecified atom stereocenters. The van der Waals surface area contributed by atoms with E-state index in [0.717, 1.165) is 17.7 Å². The van der Waals surface area contributed by atoms with Crippen LogP contribution in [0, 0.1) is 0 Å². The average molecular weight is 457 g/mol. The quantitative estimate of drug-likeness (QED) is 0.503. The van der Waals surface area contributed by atoms with E-state index in [1.807, 2.05) is 6.92 Å². The Morgan fingerprint density at radius 1 is 1.15 bits per heavy atom. The normalized spacial score (nSPS) is 22.3. The van der Waals surface area contributed by atoms with Crippen LogP contribution in [0.5, 0.6) is 0 Å². The minimum atomic E-state index is -1.26. The Morgan fingerprint density at radius 3 is 2.52 bits per heavy atom. The van der Waals surface area contributed by atoms with E-state index in [2.05, 4.69) is 5.32 Å². The third-order valence-electron chi connectivity index (χ3n) is 6.55. The lowest BCUT2D eigenvalue weighted by atomic mass is 9.83. The number of piperidine rings is 2. The van der Waals surface area contributed by atoms with Crippen LogP contribution in [-0.4, -0.2) is 70.4 Å². The lowest BCUT2D eigenvalue weighted by Gasteiger charge is -2.38. The highest BCUT2D eigenvalue weighted by Gasteiger charge is 2.45. The first kappa shape index (κ1) is 22.9. The van der Waals surface area contributed by atoms with Gasteiger partial charge in [-0.3, -0.25) is 29.4 Å². The Bertz CT molecular complexity index is 1010. The number of carbonyl (C=O) groups is 5. The van der Waals surface area contributed by atoms with Crippen molar-refractivity contribution in [2.75, 3.05) is 19.7 Å². The van der Waals surface area contributed by atoms with Gasteiger partial charge in [-0.05, 0) is 43.4 Å². The van der Waals surface area contributed by atoms with Crippen molar-refractivity contribution in [3.63, 3.8) is 0 Å². The van der Waals surface area contributed by atoms with Crippen LogP contribution >= 0.6 is 0 Å². The van der Waals surface area contributed by atoms with Crippen molar-refractivity contribution in [1.29, 1.82) is 0 Å². The number of rotatable bonds is 5. The Kier molecular flexibility index (Phi) is 6.20. The van der Waals surface area contributed by atoms with E-state index in [0.29, 0.717) is 25.3 Å². The molecule has 0 saturated carbocycles. The lowest BCUT2D eigenvalue weighted by Crippen LogP contribution is -2.54. The number of likely N-dealkylation sites (tertiary alicyclic amines) is 1. The predicted molar refractivity (Wildman–Crippen MR) is 114 cm³/mol. The Labute approximate surface area is 190 Å². The third-order valence-corrected chi connectivity index (χ3v) is 6.55. The Balaban J connectivity index is 1.48. The van der Waals surface area contributed by atoms with Crippen molar-refractivity contribution in [3.8, 4) is 0 Å². The molecule has 10 nitrogen and oxygen atoms in total. The summed E-state index contributed by atoms with van der Waals surface area (Å²) >= 11 is 0. The average Bonchev–Trinajstić information content (AvgIpc) is 3.04. The molecule has 1 atom stereocenters. The first-order valence-corrected chi connectivity index (χ1v) is 11.3. The van der Waals surface area contributed by atoms with Crippen molar-refractivity contribution in [1.82, 2.24) is 15.1 Å². The Morgan fingerprint density at radius 2 is 1.85 bits per heavy atom. The molecule has 176 valence electrons. The molecule has 5 amide bonds. The molecule has 33 heavy (non-hydrogen) atoms. The smallest absolute Gasteiger partial charge is 0.409 e. The second-order valence-corrected chi connectivity index (χ2v) is 8.69. The number of nitrogens with zero attached hydrogens (tertiary/aromatic N) is 2. The van der Waals surface area contributed by atoms with E-state index >= 15 is 0 Å². The first-order chi connectivity index (χ1) is 15.7. The summed E-state index contributed by atoms with van der Waals surface area (Å²) in [6, 6.07) is 3.55. The van der Waals surface area contributed by atoms with E-state index in [1.165, 1.54) is 12.1 Å². The monoisotopic (exact) mass is 457 g/mol. The van der Waals surface area contributed by atoms with Gasteiger partial charge in [0.15, 0.2) is 0 Å². The molecule has 1 aromatic rings. The zero-order chi connectivity index (χ0) is 23.8. The van der Waals surface area contributed by atoms with Crippen LogP contribution in [0.4, 0.5) is 4.79 Å². The summed E-state index contributed by atoms with van der Waals surface area (Å²) < 4.78 is 5.23. The van der Waals surface area contributed by atoms with Gasteiger partial charge in [0.2, 0.25) is 11.8 Å². The summed E-state index contributed by atoms with van der Waals surface area (Å²) in [5.41, 5.74) is -0.502. The summed E-state index contributed by atoms with van der Waals surface area (Å²) in [6.07, 6.45) is 1.96. The van der Waals surface area contributed by atoms with Gasteiger partial charge in [0.25, 0.3) is 11.8 Å². The second kappa shape index (κ2) is 8.93. The van der Waals surface area contributed by atoms with Crippen LogP contribution < -0.4 is 5.32 Å². The third kappa shape index (κ3) is 4.22. The lowest BCUT2D eigenvalue weighted by molar-refractivity contribution is -0.136. The number of carbonyl (C=O) groups excluding carboxylic acids is 5. The molecule has 4 rings (SSSR count). The summed E-state index contributed by atoms with van der Waals surface area (Å²) in [7, 11) is 0. The molecule has 0 aromatic heterocycles. The molecule has 0 bridgehead atoms. The van der Waals surface area contributed by atoms with Crippen LogP contribution in [0.1, 0.15) is 71.7 Å². The van der Waals surface area contributed by atoms with Crippen LogP contribution in [0.3, 0.4) is 0 Å². The highest BCUT2D eigenvalue weighted by atomic mass is 16.6. The number of aliphatic hydroxyl groups is 1. The molecule has 2 saturated heterocycles. The van der Waals surface area contributed by atoms with Gasteiger partial charge in [-0.25, -0.2) is 4.79 Å². The number of nitrogens with one attached hydrogen (secondary N) is 1. The number of amides is 5.